The molecule has 21 heavy (non-hydrogen) atoms. The molecule has 0 spiro atoms. The normalized spacial score (nSPS) is 13.0. The number of phenolic OH excluding ortho intramolecular Hbond substituents is 1. The summed E-state index contributed by atoms with van der Waals surface area (Å²) in [4.78, 5) is 0. The molecule has 0 aliphatic carbocycles. The minimum absolute atomic E-state index is 0.293. The van der Waals surface area contributed by atoms with Crippen LogP contribution in [-0.4, -0.2) is 18.3 Å². The Hall–Kier alpha value is -1.88. The third-order valence-electron chi connectivity index (χ3n) is 3.34. The van der Waals surface area contributed by atoms with Gasteiger partial charge in [-0.3, -0.25) is 0 Å². The van der Waals surface area contributed by atoms with Crippen LogP contribution in [0.5, 0.6) is 17.2 Å². The van der Waals surface area contributed by atoms with Crippen molar-refractivity contribution in [3.63, 3.8) is 0 Å². The largest absolute Gasteiger partial charge is 0.508 e. The number of nitrogens with one attached hydrogen (secondary N) is 1. The van der Waals surface area contributed by atoms with Gasteiger partial charge in [0.05, 0.1) is 5.69 Å². The molecule has 1 heterocycles. The number of phenols is 1. The molecular formula is C16H16BrNO3. The van der Waals surface area contributed by atoms with Crippen LogP contribution in [0.3, 0.4) is 0 Å². The van der Waals surface area contributed by atoms with E-state index in [-0.39, 0.29) is 0 Å². The Balaban J connectivity index is 1.80. The molecule has 2 aromatic carbocycles. The van der Waals surface area contributed by atoms with E-state index < -0.39 is 0 Å². The fourth-order valence-corrected chi connectivity index (χ4v) is 2.71. The summed E-state index contributed by atoms with van der Waals surface area (Å²) in [5, 5.41) is 13.2. The van der Waals surface area contributed by atoms with Gasteiger partial charge in [0.15, 0.2) is 11.5 Å². The van der Waals surface area contributed by atoms with Crippen LogP contribution in [-0.2, 0) is 6.54 Å². The van der Waals surface area contributed by atoms with Crippen LogP contribution in [0.15, 0.2) is 34.8 Å². The number of aryl methyl sites for hydroxylation is 1. The van der Waals surface area contributed by atoms with Crippen molar-refractivity contribution in [3.05, 3.63) is 45.9 Å². The maximum absolute atomic E-state index is 9.88. The van der Waals surface area contributed by atoms with E-state index in [9.17, 15) is 5.11 Å². The average molecular weight is 350 g/mol. The Labute approximate surface area is 131 Å². The van der Waals surface area contributed by atoms with Gasteiger partial charge in [-0.2, -0.15) is 0 Å². The summed E-state index contributed by atoms with van der Waals surface area (Å²) in [6.07, 6.45) is 0. The van der Waals surface area contributed by atoms with Gasteiger partial charge >= 0.3 is 0 Å². The van der Waals surface area contributed by atoms with E-state index in [0.29, 0.717) is 25.5 Å². The lowest BCUT2D eigenvalue weighted by atomic mass is 10.1. The molecular weight excluding hydrogens is 334 g/mol. The molecule has 0 amide bonds. The van der Waals surface area contributed by atoms with E-state index in [0.717, 1.165) is 32.8 Å². The standard InChI is InChI=1S/C16H16BrNO3/c1-10-2-3-14(19)11(6-10)9-18-13-8-16-15(7-12(13)17)20-4-5-21-16/h2-3,6-8,18-19H,4-5,9H2,1H3. The summed E-state index contributed by atoms with van der Waals surface area (Å²) in [5.41, 5.74) is 2.88. The minimum Gasteiger partial charge on any atom is -0.508 e. The summed E-state index contributed by atoms with van der Waals surface area (Å²) >= 11 is 3.52. The van der Waals surface area contributed by atoms with Crippen LogP contribution in [0, 0.1) is 6.92 Å². The van der Waals surface area contributed by atoms with Crippen LogP contribution in [0.2, 0.25) is 0 Å². The van der Waals surface area contributed by atoms with Gasteiger partial charge in [-0.05, 0) is 28.9 Å². The van der Waals surface area contributed by atoms with Crippen molar-refractivity contribution < 1.29 is 14.6 Å². The van der Waals surface area contributed by atoms with Gasteiger partial charge in [0.1, 0.15) is 19.0 Å². The number of hydrogen-bond donors (Lipinski definition) is 2. The fourth-order valence-electron chi connectivity index (χ4n) is 2.25. The topological polar surface area (TPSA) is 50.7 Å². The number of halogens is 1. The highest BCUT2D eigenvalue weighted by Crippen LogP contribution is 2.38. The molecule has 1 aliphatic rings. The maximum Gasteiger partial charge on any atom is 0.163 e. The lowest BCUT2D eigenvalue weighted by molar-refractivity contribution is 0.171. The minimum atomic E-state index is 0.293. The number of ether oxygens (including phenoxy) is 2. The molecule has 5 heteroatoms. The predicted molar refractivity (Wildman–Crippen MR) is 85.3 cm³/mol. The smallest absolute Gasteiger partial charge is 0.163 e. The van der Waals surface area contributed by atoms with Crippen LogP contribution in [0.4, 0.5) is 5.69 Å². The predicted octanol–water partition coefficient (Wildman–Crippen LogP) is 3.85. The van der Waals surface area contributed by atoms with Gasteiger partial charge in [-0.1, -0.05) is 17.7 Å². The lowest BCUT2D eigenvalue weighted by Gasteiger charge is -2.20. The van der Waals surface area contributed by atoms with E-state index in [4.69, 9.17) is 9.47 Å². The van der Waals surface area contributed by atoms with E-state index in [1.807, 2.05) is 31.2 Å². The molecule has 2 N–H and O–H groups in total. The first-order valence-electron chi connectivity index (χ1n) is 6.75. The summed E-state index contributed by atoms with van der Waals surface area (Å²) < 4.78 is 12.0. The molecule has 1 aliphatic heterocycles. The average Bonchev–Trinajstić information content (AvgIpc) is 2.48. The third kappa shape index (κ3) is 3.08. The van der Waals surface area contributed by atoms with E-state index >= 15 is 0 Å². The van der Waals surface area contributed by atoms with Crippen molar-refractivity contribution in [2.45, 2.75) is 13.5 Å². The van der Waals surface area contributed by atoms with Gasteiger partial charge in [0.2, 0.25) is 0 Å². The first-order chi connectivity index (χ1) is 10.1. The molecule has 2 aromatic rings. The molecule has 0 saturated heterocycles. The summed E-state index contributed by atoms with van der Waals surface area (Å²) in [5.74, 6) is 1.78. The zero-order chi connectivity index (χ0) is 14.8. The molecule has 0 atom stereocenters. The van der Waals surface area contributed by atoms with Crippen molar-refractivity contribution in [2.75, 3.05) is 18.5 Å². The molecule has 0 unspecified atom stereocenters. The fraction of sp³-hybridized carbons (Fsp3) is 0.250. The monoisotopic (exact) mass is 349 g/mol. The van der Waals surface area contributed by atoms with E-state index in [1.165, 1.54) is 0 Å². The Bertz CT molecular complexity index is 673. The van der Waals surface area contributed by atoms with Crippen LogP contribution < -0.4 is 14.8 Å². The lowest BCUT2D eigenvalue weighted by Crippen LogP contribution is -2.15. The van der Waals surface area contributed by atoms with Crippen molar-refractivity contribution in [2.24, 2.45) is 0 Å². The molecule has 110 valence electrons. The molecule has 0 radical (unpaired) electrons. The highest BCUT2D eigenvalue weighted by Gasteiger charge is 2.15. The Morgan fingerprint density at radius 2 is 1.86 bits per heavy atom. The van der Waals surface area contributed by atoms with Gasteiger partial charge in [0.25, 0.3) is 0 Å². The van der Waals surface area contributed by atoms with Gasteiger partial charge in [0, 0.05) is 28.7 Å². The van der Waals surface area contributed by atoms with Crippen LogP contribution >= 0.6 is 15.9 Å². The second-order valence-corrected chi connectivity index (χ2v) is 5.82. The molecule has 0 saturated carbocycles. The Morgan fingerprint density at radius 1 is 1.14 bits per heavy atom. The zero-order valence-corrected chi connectivity index (χ0v) is 13.2. The first-order valence-corrected chi connectivity index (χ1v) is 7.54. The summed E-state index contributed by atoms with van der Waals surface area (Å²) in [7, 11) is 0. The van der Waals surface area contributed by atoms with Gasteiger partial charge in [-0.15, -0.1) is 0 Å². The number of rotatable bonds is 3. The molecule has 0 aromatic heterocycles. The van der Waals surface area contributed by atoms with Crippen molar-refractivity contribution in [1.82, 2.24) is 0 Å². The highest BCUT2D eigenvalue weighted by molar-refractivity contribution is 9.10. The number of anilines is 1. The molecule has 0 fully saturated rings. The van der Waals surface area contributed by atoms with Crippen LogP contribution in [0.25, 0.3) is 0 Å². The number of fused-ring (bicyclic) bond motifs is 1. The van der Waals surface area contributed by atoms with E-state index in [1.54, 1.807) is 6.07 Å². The quantitative estimate of drug-likeness (QED) is 0.883. The second kappa shape index (κ2) is 5.85. The first kappa shape index (κ1) is 14.1. The SMILES string of the molecule is Cc1ccc(O)c(CNc2cc3c(cc2Br)OCCO3)c1. The van der Waals surface area contributed by atoms with Gasteiger partial charge in [-0.25, -0.2) is 0 Å². The van der Waals surface area contributed by atoms with Crippen molar-refractivity contribution in [1.29, 1.82) is 0 Å². The van der Waals surface area contributed by atoms with Crippen molar-refractivity contribution >= 4 is 21.6 Å². The molecule has 3 rings (SSSR count). The number of hydrogen-bond acceptors (Lipinski definition) is 4. The maximum atomic E-state index is 9.88. The summed E-state index contributed by atoms with van der Waals surface area (Å²) in [6.45, 7) is 3.67. The Kier molecular flexibility index (Phi) is 3.92. The number of aromatic hydroxyl groups is 1. The van der Waals surface area contributed by atoms with Crippen molar-refractivity contribution in [3.8, 4) is 17.2 Å². The summed E-state index contributed by atoms with van der Waals surface area (Å²) in [6, 6.07) is 9.37. The van der Waals surface area contributed by atoms with E-state index in [2.05, 4.69) is 21.2 Å². The third-order valence-corrected chi connectivity index (χ3v) is 3.99. The zero-order valence-electron chi connectivity index (χ0n) is 11.6. The highest BCUT2D eigenvalue weighted by atomic mass is 79.9. The Morgan fingerprint density at radius 3 is 2.62 bits per heavy atom. The van der Waals surface area contributed by atoms with Crippen LogP contribution in [0.1, 0.15) is 11.1 Å². The molecule has 4 nitrogen and oxygen atoms in total. The van der Waals surface area contributed by atoms with Gasteiger partial charge < -0.3 is 19.9 Å². The molecule has 0 bridgehead atoms. The second-order valence-electron chi connectivity index (χ2n) is 4.96. The number of benzene rings is 2.